The van der Waals surface area contributed by atoms with E-state index in [9.17, 15) is 14.4 Å². The first-order valence-corrected chi connectivity index (χ1v) is 14.5. The third kappa shape index (κ3) is 5.35. The van der Waals surface area contributed by atoms with Crippen LogP contribution in [0, 0.1) is 0 Å². The second-order valence-corrected chi connectivity index (χ2v) is 12.2. The molecule has 1 unspecified atom stereocenters. The Bertz CT molecular complexity index is 1630. The van der Waals surface area contributed by atoms with Crippen LogP contribution in [0.3, 0.4) is 0 Å². The Morgan fingerprint density at radius 1 is 1.05 bits per heavy atom. The van der Waals surface area contributed by atoms with Crippen LogP contribution >= 0.6 is 11.3 Å². The van der Waals surface area contributed by atoms with E-state index in [1.807, 2.05) is 75.4 Å². The van der Waals surface area contributed by atoms with Crippen LogP contribution in [0.15, 0.2) is 66.9 Å². The molecule has 0 radical (unpaired) electrons. The maximum atomic E-state index is 13.5. The minimum absolute atomic E-state index is 0.229. The molecule has 1 saturated heterocycles. The standard InChI is InChI=1S/C31H31N5O4S/c1-31(2,3)40-30(39)35-17-7-10-21(18-35)33-27(37)26-25-24-23(15-16-32-28(24)41-26)36(29(38)34-25)22-13-11-20(12-14-22)19-8-5-4-6-9-19/h4-6,8-9,11-16,21H,7,10,17-18H2,1-3H3,(H,33,37)(H,34,38). The first-order valence-electron chi connectivity index (χ1n) is 13.6. The molecule has 6 rings (SSSR count). The van der Waals surface area contributed by atoms with Gasteiger partial charge in [0.25, 0.3) is 5.91 Å². The summed E-state index contributed by atoms with van der Waals surface area (Å²) >= 11 is 1.24. The fraction of sp³-hybridized carbons (Fsp3) is 0.290. The van der Waals surface area contributed by atoms with Crippen LogP contribution in [0.1, 0.15) is 43.3 Å². The summed E-state index contributed by atoms with van der Waals surface area (Å²) in [4.78, 5) is 48.3. The maximum Gasteiger partial charge on any atom is 0.410 e. The fourth-order valence-electron chi connectivity index (χ4n) is 5.27. The van der Waals surface area contributed by atoms with Crippen molar-refractivity contribution < 1.29 is 19.1 Å². The quantitative estimate of drug-likeness (QED) is 0.282. The SMILES string of the molecule is CC(C)(C)OC(=O)N1CCCC(NC(=O)c2sc3nccc4c3c2NC(=O)N4c2ccc(-c3ccccc3)cc2)C1. The van der Waals surface area contributed by atoms with Crippen molar-refractivity contribution in [3.8, 4) is 11.1 Å². The van der Waals surface area contributed by atoms with Crippen molar-refractivity contribution in [1.29, 1.82) is 0 Å². The number of carbonyl (C=O) groups excluding carboxylic acids is 3. The topological polar surface area (TPSA) is 104 Å². The van der Waals surface area contributed by atoms with E-state index in [1.54, 1.807) is 22.1 Å². The van der Waals surface area contributed by atoms with Crippen molar-refractivity contribution in [2.45, 2.75) is 45.3 Å². The predicted octanol–water partition coefficient (Wildman–Crippen LogP) is 6.78. The lowest BCUT2D eigenvalue weighted by Gasteiger charge is -2.34. The number of piperidine rings is 1. The van der Waals surface area contributed by atoms with Crippen LogP contribution in [-0.2, 0) is 4.74 Å². The predicted molar refractivity (Wildman–Crippen MR) is 161 cm³/mol. The number of nitrogens with zero attached hydrogens (tertiary/aromatic N) is 3. The van der Waals surface area contributed by atoms with Crippen LogP contribution in [0.5, 0.6) is 0 Å². The number of ether oxygens (including phenoxy) is 1. The third-order valence-electron chi connectivity index (χ3n) is 7.09. The van der Waals surface area contributed by atoms with Gasteiger partial charge < -0.3 is 20.3 Å². The van der Waals surface area contributed by atoms with Crippen LogP contribution in [0.25, 0.3) is 21.3 Å². The number of thiophene rings is 1. The molecule has 0 aliphatic carbocycles. The summed E-state index contributed by atoms with van der Waals surface area (Å²) in [5.74, 6) is -0.300. The van der Waals surface area contributed by atoms with E-state index < -0.39 is 5.60 Å². The van der Waals surface area contributed by atoms with E-state index in [2.05, 4.69) is 15.6 Å². The van der Waals surface area contributed by atoms with Gasteiger partial charge in [-0.2, -0.15) is 0 Å². The largest absolute Gasteiger partial charge is 0.444 e. The summed E-state index contributed by atoms with van der Waals surface area (Å²) in [5.41, 5.74) is 3.40. The van der Waals surface area contributed by atoms with E-state index in [0.29, 0.717) is 39.9 Å². The van der Waals surface area contributed by atoms with Gasteiger partial charge in [0, 0.05) is 25.3 Å². The highest BCUT2D eigenvalue weighted by atomic mass is 32.1. The van der Waals surface area contributed by atoms with Gasteiger partial charge in [-0.05, 0) is 62.9 Å². The molecule has 4 amide bonds. The summed E-state index contributed by atoms with van der Waals surface area (Å²) in [7, 11) is 0. The Balaban J connectivity index is 1.25. The number of anilines is 3. The molecule has 210 valence electrons. The van der Waals surface area contributed by atoms with Crippen LogP contribution in [-0.4, -0.2) is 52.6 Å². The molecule has 41 heavy (non-hydrogen) atoms. The van der Waals surface area contributed by atoms with Crippen LogP contribution < -0.4 is 15.5 Å². The molecule has 4 heterocycles. The average Bonchev–Trinajstić information content (AvgIpc) is 3.32. The molecule has 0 saturated carbocycles. The zero-order chi connectivity index (χ0) is 28.7. The van der Waals surface area contributed by atoms with Gasteiger partial charge in [0.05, 0.1) is 22.4 Å². The van der Waals surface area contributed by atoms with Gasteiger partial charge in [-0.15, -0.1) is 11.3 Å². The van der Waals surface area contributed by atoms with Gasteiger partial charge in [0.1, 0.15) is 15.3 Å². The molecule has 1 atom stereocenters. The zero-order valence-electron chi connectivity index (χ0n) is 23.1. The van der Waals surface area contributed by atoms with Gasteiger partial charge in [-0.3, -0.25) is 9.69 Å². The summed E-state index contributed by atoms with van der Waals surface area (Å²) in [6.07, 6.45) is 2.77. The second-order valence-electron chi connectivity index (χ2n) is 11.2. The third-order valence-corrected chi connectivity index (χ3v) is 8.19. The number of nitrogens with one attached hydrogen (secondary N) is 2. The molecule has 0 bridgehead atoms. The Hall–Kier alpha value is -4.44. The van der Waals surface area contributed by atoms with Crippen molar-refractivity contribution in [3.05, 3.63) is 71.7 Å². The monoisotopic (exact) mass is 569 g/mol. The Kier molecular flexibility index (Phi) is 6.86. The second kappa shape index (κ2) is 10.5. The van der Waals surface area contributed by atoms with Crippen molar-refractivity contribution in [2.75, 3.05) is 23.3 Å². The van der Waals surface area contributed by atoms with E-state index in [4.69, 9.17) is 4.74 Å². The van der Waals surface area contributed by atoms with Gasteiger partial charge >= 0.3 is 12.1 Å². The first-order chi connectivity index (χ1) is 19.7. The van der Waals surface area contributed by atoms with Crippen LogP contribution in [0.4, 0.5) is 26.7 Å². The smallest absolute Gasteiger partial charge is 0.410 e. The Labute approximate surface area is 242 Å². The lowest BCUT2D eigenvalue weighted by molar-refractivity contribution is 0.0185. The van der Waals surface area contributed by atoms with E-state index >= 15 is 0 Å². The number of benzene rings is 2. The average molecular weight is 570 g/mol. The number of rotatable bonds is 4. The van der Waals surface area contributed by atoms with E-state index in [0.717, 1.165) is 29.4 Å². The summed E-state index contributed by atoms with van der Waals surface area (Å²) < 4.78 is 5.52. The number of aromatic nitrogens is 1. The maximum absolute atomic E-state index is 13.5. The fourth-order valence-corrected chi connectivity index (χ4v) is 6.29. The number of hydrogen-bond acceptors (Lipinski definition) is 6. The summed E-state index contributed by atoms with van der Waals surface area (Å²) in [5, 5.41) is 6.75. The number of amides is 4. The molecule has 2 aromatic carbocycles. The van der Waals surface area contributed by atoms with Crippen LogP contribution in [0.2, 0.25) is 0 Å². The number of likely N-dealkylation sites (tertiary alicyclic amines) is 1. The van der Waals surface area contributed by atoms with Gasteiger partial charge in [0.15, 0.2) is 0 Å². The minimum atomic E-state index is -0.590. The minimum Gasteiger partial charge on any atom is -0.444 e. The van der Waals surface area contributed by atoms with E-state index in [-0.39, 0.29) is 24.1 Å². The van der Waals surface area contributed by atoms with Gasteiger partial charge in [0.2, 0.25) is 0 Å². The molecular weight excluding hydrogens is 538 g/mol. The molecule has 2 aliphatic heterocycles. The number of carbonyl (C=O) groups is 3. The molecule has 9 nitrogen and oxygen atoms in total. The highest BCUT2D eigenvalue weighted by molar-refractivity contribution is 7.21. The molecule has 2 N–H and O–H groups in total. The molecule has 10 heteroatoms. The first kappa shape index (κ1) is 26.8. The molecular formula is C31H31N5O4S. The number of pyridine rings is 1. The van der Waals surface area contributed by atoms with Crippen molar-refractivity contribution in [1.82, 2.24) is 15.2 Å². The number of hydrogen-bond donors (Lipinski definition) is 2. The molecule has 4 aromatic rings. The molecule has 2 aromatic heterocycles. The normalized spacial score (nSPS) is 16.9. The summed E-state index contributed by atoms with van der Waals surface area (Å²) in [6, 6.07) is 19.1. The zero-order valence-corrected chi connectivity index (χ0v) is 24.0. The van der Waals surface area contributed by atoms with Crippen molar-refractivity contribution in [3.63, 3.8) is 0 Å². The summed E-state index contributed by atoms with van der Waals surface area (Å²) in [6.45, 7) is 6.44. The van der Waals surface area contributed by atoms with Gasteiger partial charge in [-0.25, -0.2) is 14.6 Å². The molecule has 1 fully saturated rings. The highest BCUT2D eigenvalue weighted by Crippen LogP contribution is 2.45. The highest BCUT2D eigenvalue weighted by Gasteiger charge is 2.34. The van der Waals surface area contributed by atoms with Crippen molar-refractivity contribution >= 4 is 56.6 Å². The lowest BCUT2D eigenvalue weighted by Crippen LogP contribution is -2.50. The molecule has 2 aliphatic rings. The van der Waals surface area contributed by atoms with Gasteiger partial charge in [-0.1, -0.05) is 42.5 Å². The lowest BCUT2D eigenvalue weighted by atomic mass is 10.0. The van der Waals surface area contributed by atoms with E-state index in [1.165, 1.54) is 11.3 Å². The Morgan fingerprint density at radius 2 is 1.78 bits per heavy atom. The Morgan fingerprint density at radius 3 is 2.51 bits per heavy atom. The number of urea groups is 1. The molecule has 0 spiro atoms. The van der Waals surface area contributed by atoms with Crippen molar-refractivity contribution in [2.24, 2.45) is 0 Å².